The van der Waals surface area contributed by atoms with Crippen LogP contribution in [0.2, 0.25) is 0 Å². The minimum atomic E-state index is -0.339. The summed E-state index contributed by atoms with van der Waals surface area (Å²) in [6.07, 6.45) is 1.65. The third-order valence-corrected chi connectivity index (χ3v) is 5.44. The van der Waals surface area contributed by atoms with Crippen LogP contribution >= 0.6 is 0 Å². The standard InChI is InChI=1S/C22H23FN4O2/c1-13-21(14(2)29-26-13)20-12-19(24-15(3)25-20)16-8-10-27(11-9-16)22(28)17-4-6-18(23)7-5-17/h4-7,12,16H,8-11H2,1-3H3. The highest BCUT2D eigenvalue weighted by atomic mass is 19.1. The summed E-state index contributed by atoms with van der Waals surface area (Å²) in [7, 11) is 0. The van der Waals surface area contributed by atoms with Gasteiger partial charge in [0.25, 0.3) is 5.91 Å². The highest BCUT2D eigenvalue weighted by Gasteiger charge is 2.26. The molecular weight excluding hydrogens is 371 g/mol. The SMILES string of the molecule is Cc1nc(-c2c(C)noc2C)cc(C2CCN(C(=O)c3ccc(F)cc3)CC2)n1. The predicted octanol–water partition coefficient (Wildman–Crippen LogP) is 4.22. The molecule has 4 rings (SSSR count). The molecule has 1 aliphatic heterocycles. The maximum atomic E-state index is 13.1. The average molecular weight is 394 g/mol. The van der Waals surface area contributed by atoms with E-state index in [-0.39, 0.29) is 17.6 Å². The number of hydrogen-bond acceptors (Lipinski definition) is 5. The Morgan fingerprint density at radius 3 is 2.41 bits per heavy atom. The third kappa shape index (κ3) is 3.90. The van der Waals surface area contributed by atoms with E-state index in [1.54, 1.807) is 0 Å². The van der Waals surface area contributed by atoms with Gasteiger partial charge in [0.15, 0.2) is 0 Å². The molecule has 0 unspecified atom stereocenters. The van der Waals surface area contributed by atoms with E-state index in [9.17, 15) is 9.18 Å². The van der Waals surface area contributed by atoms with Gasteiger partial charge < -0.3 is 9.42 Å². The first kappa shape index (κ1) is 19.2. The van der Waals surface area contributed by atoms with E-state index in [1.165, 1.54) is 24.3 Å². The van der Waals surface area contributed by atoms with Gasteiger partial charge in [-0.25, -0.2) is 14.4 Å². The fraction of sp³-hybridized carbons (Fsp3) is 0.364. The van der Waals surface area contributed by atoms with Crippen molar-refractivity contribution in [3.63, 3.8) is 0 Å². The number of nitrogens with zero attached hydrogens (tertiary/aromatic N) is 4. The van der Waals surface area contributed by atoms with E-state index in [2.05, 4.69) is 15.1 Å². The van der Waals surface area contributed by atoms with Crippen LogP contribution < -0.4 is 0 Å². The second-order valence-corrected chi connectivity index (χ2v) is 7.50. The summed E-state index contributed by atoms with van der Waals surface area (Å²) >= 11 is 0. The summed E-state index contributed by atoms with van der Waals surface area (Å²) < 4.78 is 18.4. The average Bonchev–Trinajstić information content (AvgIpc) is 3.06. The largest absolute Gasteiger partial charge is 0.361 e. The Balaban J connectivity index is 1.50. The van der Waals surface area contributed by atoms with Crippen molar-refractivity contribution in [1.29, 1.82) is 0 Å². The topological polar surface area (TPSA) is 72.1 Å². The quantitative estimate of drug-likeness (QED) is 0.665. The van der Waals surface area contributed by atoms with Crippen LogP contribution in [0.4, 0.5) is 4.39 Å². The Morgan fingerprint density at radius 2 is 1.79 bits per heavy atom. The zero-order valence-electron chi connectivity index (χ0n) is 16.8. The minimum Gasteiger partial charge on any atom is -0.361 e. The van der Waals surface area contributed by atoms with Gasteiger partial charge in [-0.2, -0.15) is 0 Å². The zero-order chi connectivity index (χ0) is 20.5. The molecule has 6 nitrogen and oxygen atoms in total. The molecule has 1 saturated heterocycles. The molecule has 1 aliphatic rings. The first-order valence-electron chi connectivity index (χ1n) is 9.76. The van der Waals surface area contributed by atoms with Gasteiger partial charge in [-0.05, 0) is 63.9 Å². The molecule has 7 heteroatoms. The van der Waals surface area contributed by atoms with Gasteiger partial charge in [0.1, 0.15) is 17.4 Å². The molecule has 2 aromatic heterocycles. The van der Waals surface area contributed by atoms with Crippen LogP contribution in [0.1, 0.15) is 52.1 Å². The minimum absolute atomic E-state index is 0.0567. The first-order chi connectivity index (χ1) is 13.9. The lowest BCUT2D eigenvalue weighted by atomic mass is 9.92. The van der Waals surface area contributed by atoms with Crippen LogP contribution in [0.15, 0.2) is 34.9 Å². The van der Waals surface area contributed by atoms with Gasteiger partial charge in [-0.1, -0.05) is 5.16 Å². The van der Waals surface area contributed by atoms with Gasteiger partial charge in [-0.3, -0.25) is 4.79 Å². The number of halogens is 1. The van der Waals surface area contributed by atoms with Crippen molar-refractivity contribution in [2.75, 3.05) is 13.1 Å². The number of benzene rings is 1. The number of carbonyl (C=O) groups excluding carboxylic acids is 1. The molecule has 1 aromatic carbocycles. The maximum Gasteiger partial charge on any atom is 0.253 e. The van der Waals surface area contributed by atoms with Crippen LogP contribution in [0.3, 0.4) is 0 Å². The van der Waals surface area contributed by atoms with Crippen LogP contribution in [-0.4, -0.2) is 39.0 Å². The molecule has 0 aliphatic carbocycles. The summed E-state index contributed by atoms with van der Waals surface area (Å²) in [5.74, 6) is 1.31. The molecular formula is C22H23FN4O2. The number of aryl methyl sites for hydroxylation is 3. The lowest BCUT2D eigenvalue weighted by Crippen LogP contribution is -2.38. The Kier molecular flexibility index (Phi) is 5.13. The van der Waals surface area contributed by atoms with E-state index in [0.717, 1.165) is 41.2 Å². The molecule has 3 heterocycles. The smallest absolute Gasteiger partial charge is 0.253 e. The lowest BCUT2D eigenvalue weighted by molar-refractivity contribution is 0.0712. The van der Waals surface area contributed by atoms with Gasteiger partial charge in [0, 0.05) is 30.3 Å². The summed E-state index contributed by atoms with van der Waals surface area (Å²) in [5.41, 5.74) is 4.06. The zero-order valence-corrected chi connectivity index (χ0v) is 16.8. The molecule has 0 bridgehead atoms. The number of likely N-dealkylation sites (tertiary alicyclic amines) is 1. The molecule has 150 valence electrons. The Hall–Kier alpha value is -3.09. The number of amides is 1. The van der Waals surface area contributed by atoms with Crippen molar-refractivity contribution in [3.05, 3.63) is 64.7 Å². The maximum absolute atomic E-state index is 13.1. The third-order valence-electron chi connectivity index (χ3n) is 5.44. The molecule has 0 radical (unpaired) electrons. The van der Waals surface area contributed by atoms with E-state index >= 15 is 0 Å². The number of carbonyl (C=O) groups is 1. The second kappa shape index (κ2) is 7.73. The monoisotopic (exact) mass is 394 g/mol. The van der Waals surface area contributed by atoms with Crippen molar-refractivity contribution < 1.29 is 13.7 Å². The molecule has 1 amide bonds. The Morgan fingerprint density at radius 1 is 1.10 bits per heavy atom. The number of piperidine rings is 1. The molecule has 3 aromatic rings. The molecule has 0 atom stereocenters. The first-order valence-corrected chi connectivity index (χ1v) is 9.76. The van der Waals surface area contributed by atoms with Crippen LogP contribution in [0.25, 0.3) is 11.3 Å². The molecule has 0 saturated carbocycles. The molecule has 29 heavy (non-hydrogen) atoms. The van der Waals surface area contributed by atoms with Crippen molar-refractivity contribution in [1.82, 2.24) is 20.0 Å². The normalized spacial score (nSPS) is 15.0. The van der Waals surface area contributed by atoms with E-state index < -0.39 is 0 Å². The molecule has 0 spiro atoms. The van der Waals surface area contributed by atoms with Crippen LogP contribution in [0.5, 0.6) is 0 Å². The van der Waals surface area contributed by atoms with Crippen LogP contribution in [-0.2, 0) is 0 Å². The number of hydrogen-bond donors (Lipinski definition) is 0. The van der Waals surface area contributed by atoms with Gasteiger partial charge in [-0.15, -0.1) is 0 Å². The van der Waals surface area contributed by atoms with Gasteiger partial charge in [0.05, 0.1) is 17.0 Å². The van der Waals surface area contributed by atoms with Crippen molar-refractivity contribution in [2.24, 2.45) is 0 Å². The van der Waals surface area contributed by atoms with Gasteiger partial charge in [0.2, 0.25) is 0 Å². The fourth-order valence-electron chi connectivity index (χ4n) is 3.93. The Bertz CT molecular complexity index is 1020. The van der Waals surface area contributed by atoms with E-state index in [4.69, 9.17) is 4.52 Å². The highest BCUT2D eigenvalue weighted by molar-refractivity contribution is 5.94. The highest BCUT2D eigenvalue weighted by Crippen LogP contribution is 2.31. The lowest BCUT2D eigenvalue weighted by Gasteiger charge is -2.32. The van der Waals surface area contributed by atoms with Crippen molar-refractivity contribution in [3.8, 4) is 11.3 Å². The number of aromatic nitrogens is 3. The summed E-state index contributed by atoms with van der Waals surface area (Å²) in [6.45, 7) is 6.96. The van der Waals surface area contributed by atoms with E-state index in [0.29, 0.717) is 24.5 Å². The molecule has 0 N–H and O–H groups in total. The van der Waals surface area contributed by atoms with Gasteiger partial charge >= 0.3 is 0 Å². The molecule has 1 fully saturated rings. The fourth-order valence-corrected chi connectivity index (χ4v) is 3.93. The Labute approximate surface area is 168 Å². The van der Waals surface area contributed by atoms with E-state index in [1.807, 2.05) is 31.7 Å². The second-order valence-electron chi connectivity index (χ2n) is 7.50. The van der Waals surface area contributed by atoms with Crippen molar-refractivity contribution in [2.45, 2.75) is 39.5 Å². The number of rotatable bonds is 3. The summed E-state index contributed by atoms with van der Waals surface area (Å²) in [4.78, 5) is 23.7. The van der Waals surface area contributed by atoms with Crippen molar-refractivity contribution >= 4 is 5.91 Å². The predicted molar refractivity (Wildman–Crippen MR) is 106 cm³/mol. The summed E-state index contributed by atoms with van der Waals surface area (Å²) in [5, 5.41) is 4.02. The summed E-state index contributed by atoms with van der Waals surface area (Å²) in [6, 6.07) is 7.72. The van der Waals surface area contributed by atoms with Crippen LogP contribution in [0, 0.1) is 26.6 Å².